The number of amidine groups is 1. The van der Waals surface area contributed by atoms with E-state index in [1.54, 1.807) is 0 Å². The van der Waals surface area contributed by atoms with Crippen molar-refractivity contribution >= 4 is 21.8 Å². The van der Waals surface area contributed by atoms with Crippen LogP contribution in [0.3, 0.4) is 0 Å². The summed E-state index contributed by atoms with van der Waals surface area (Å²) >= 11 is 0. The molecule has 1 aromatic carbocycles. The number of hydrogen-bond acceptors (Lipinski definition) is 5. The third kappa shape index (κ3) is 4.51. The molecule has 25 heavy (non-hydrogen) atoms. The number of Topliss-reactive ketones (excluding diaryl/α,β-unsaturated/α-hetero) is 1. The molecule has 133 valence electrons. The molecule has 0 aromatic heterocycles. The van der Waals surface area contributed by atoms with Gasteiger partial charge >= 0.3 is 0 Å². The Morgan fingerprint density at radius 2 is 1.92 bits per heavy atom. The van der Waals surface area contributed by atoms with Crippen LogP contribution in [0.1, 0.15) is 5.56 Å². The minimum absolute atomic E-state index is 0.0175. The van der Waals surface area contributed by atoms with Gasteiger partial charge in [0.05, 0.1) is 6.04 Å². The second-order valence-electron chi connectivity index (χ2n) is 5.76. The first kappa shape index (κ1) is 17.7. The lowest BCUT2D eigenvalue weighted by Gasteiger charge is -2.28. The van der Waals surface area contributed by atoms with Crippen LogP contribution in [0.25, 0.3) is 0 Å². The van der Waals surface area contributed by atoms with Gasteiger partial charge in [0.2, 0.25) is 5.78 Å². The van der Waals surface area contributed by atoms with Crippen molar-refractivity contribution < 1.29 is 13.2 Å². The van der Waals surface area contributed by atoms with Gasteiger partial charge in [-0.25, -0.2) is 10.3 Å². The summed E-state index contributed by atoms with van der Waals surface area (Å²) in [5.74, 6) is -0.420. The number of aliphatic imine (C=N–C) groups is 1. The Bertz CT molecular complexity index is 770. The van der Waals surface area contributed by atoms with Crippen molar-refractivity contribution in [3.8, 4) is 0 Å². The van der Waals surface area contributed by atoms with Gasteiger partial charge in [0.15, 0.2) is 5.84 Å². The Morgan fingerprint density at radius 1 is 1.20 bits per heavy atom. The monoisotopic (exact) mass is 362 g/mol. The lowest BCUT2D eigenvalue weighted by Crippen LogP contribution is -2.55. The molecule has 1 aromatic rings. The highest BCUT2D eigenvalue weighted by Crippen LogP contribution is 2.09. The van der Waals surface area contributed by atoms with Crippen LogP contribution in [0.15, 0.2) is 47.7 Å². The van der Waals surface area contributed by atoms with Gasteiger partial charge in [0.1, 0.15) is 0 Å². The lowest BCUT2D eigenvalue weighted by atomic mass is 10.0. The first-order chi connectivity index (χ1) is 12.1. The number of carbonyl (C=O) groups is 1. The van der Waals surface area contributed by atoms with E-state index in [0.29, 0.717) is 26.2 Å². The molecular formula is C16H20N5O3S. The highest BCUT2D eigenvalue weighted by atomic mass is 32.2. The average Bonchev–Trinajstić information content (AvgIpc) is 3.17. The lowest BCUT2D eigenvalue weighted by molar-refractivity contribution is -0.114. The number of rotatable bonds is 7. The summed E-state index contributed by atoms with van der Waals surface area (Å²) < 4.78 is 29.2. The van der Waals surface area contributed by atoms with Crippen molar-refractivity contribution in [1.82, 2.24) is 19.7 Å². The van der Waals surface area contributed by atoms with Crippen LogP contribution in [-0.2, 0) is 21.4 Å². The Balaban J connectivity index is 1.78. The van der Waals surface area contributed by atoms with Gasteiger partial charge in [-0.2, -0.15) is 17.4 Å². The summed E-state index contributed by atoms with van der Waals surface area (Å²) in [6.45, 7) is 1.91. The van der Waals surface area contributed by atoms with Crippen molar-refractivity contribution in [3.63, 3.8) is 0 Å². The zero-order chi connectivity index (χ0) is 17.7. The number of piperazine rings is 1. The third-order valence-corrected chi connectivity index (χ3v) is 5.61. The van der Waals surface area contributed by atoms with Gasteiger partial charge < -0.3 is 5.32 Å². The van der Waals surface area contributed by atoms with E-state index in [1.807, 2.05) is 30.3 Å². The molecular weight excluding hydrogens is 342 g/mol. The number of ketones is 1. The van der Waals surface area contributed by atoms with Crippen LogP contribution < -0.4 is 15.4 Å². The van der Waals surface area contributed by atoms with E-state index in [1.165, 1.54) is 16.7 Å². The average molecular weight is 362 g/mol. The molecule has 1 fully saturated rings. The maximum atomic E-state index is 12.7. The van der Waals surface area contributed by atoms with Crippen LogP contribution in [-0.4, -0.2) is 56.6 Å². The molecule has 0 unspecified atom stereocenters. The summed E-state index contributed by atoms with van der Waals surface area (Å²) in [5, 5.41) is 7.01. The maximum Gasteiger partial charge on any atom is 0.280 e. The zero-order valence-electron chi connectivity index (χ0n) is 13.6. The zero-order valence-corrected chi connectivity index (χ0v) is 14.4. The summed E-state index contributed by atoms with van der Waals surface area (Å²) in [7, 11) is -3.77. The molecule has 0 bridgehead atoms. The van der Waals surface area contributed by atoms with E-state index < -0.39 is 22.0 Å². The van der Waals surface area contributed by atoms with E-state index in [-0.39, 0.29) is 12.3 Å². The van der Waals surface area contributed by atoms with Crippen molar-refractivity contribution in [1.29, 1.82) is 0 Å². The molecule has 0 amide bonds. The third-order valence-electron chi connectivity index (χ3n) is 3.99. The predicted octanol–water partition coefficient (Wildman–Crippen LogP) is -0.606. The SMILES string of the molecule is O=C(C1=NC=C[N]1)[C@H](Cc1ccccc1)NS(=O)(=O)N1CCNCC1. The molecule has 1 atom stereocenters. The molecule has 1 radical (unpaired) electrons. The van der Waals surface area contributed by atoms with Crippen molar-refractivity contribution in [2.24, 2.45) is 4.99 Å². The van der Waals surface area contributed by atoms with E-state index in [4.69, 9.17) is 0 Å². The number of nitrogens with zero attached hydrogens (tertiary/aromatic N) is 3. The van der Waals surface area contributed by atoms with Crippen molar-refractivity contribution in [2.75, 3.05) is 26.2 Å². The van der Waals surface area contributed by atoms with E-state index >= 15 is 0 Å². The highest BCUT2D eigenvalue weighted by Gasteiger charge is 2.32. The van der Waals surface area contributed by atoms with Gasteiger partial charge in [0, 0.05) is 38.6 Å². The fourth-order valence-corrected chi connectivity index (χ4v) is 4.06. The first-order valence-corrected chi connectivity index (χ1v) is 9.50. The van der Waals surface area contributed by atoms with E-state index in [2.05, 4.69) is 20.3 Å². The summed E-state index contributed by atoms with van der Waals surface area (Å²) in [4.78, 5) is 16.6. The molecule has 0 spiro atoms. The number of hydrogen-bond donors (Lipinski definition) is 2. The molecule has 0 aliphatic carbocycles. The van der Waals surface area contributed by atoms with Crippen LogP contribution in [0.4, 0.5) is 0 Å². The Hall–Kier alpha value is -2.07. The van der Waals surface area contributed by atoms with E-state index in [9.17, 15) is 13.2 Å². The minimum Gasteiger partial charge on any atom is -0.314 e. The Morgan fingerprint density at radius 3 is 2.56 bits per heavy atom. The van der Waals surface area contributed by atoms with E-state index in [0.717, 1.165) is 5.56 Å². The van der Waals surface area contributed by atoms with Crippen LogP contribution >= 0.6 is 0 Å². The number of carbonyl (C=O) groups excluding carboxylic acids is 1. The molecule has 1 saturated heterocycles. The standard InChI is InChI=1S/C16H20N5O3S/c22-15(16-18-6-7-19-16)14(12-13-4-2-1-3-5-13)20-25(23,24)21-10-8-17-9-11-21/h1-7,14,17,20H,8-12H2/t14-/m0/s1. The van der Waals surface area contributed by atoms with Gasteiger partial charge in [-0.05, 0) is 12.0 Å². The van der Waals surface area contributed by atoms with Gasteiger partial charge in [-0.15, -0.1) is 0 Å². The molecule has 0 saturated carbocycles. The highest BCUT2D eigenvalue weighted by molar-refractivity contribution is 7.87. The van der Waals surface area contributed by atoms with Gasteiger partial charge in [-0.3, -0.25) is 4.79 Å². The largest absolute Gasteiger partial charge is 0.314 e. The van der Waals surface area contributed by atoms with Crippen LogP contribution in [0.2, 0.25) is 0 Å². The van der Waals surface area contributed by atoms with Crippen molar-refractivity contribution in [3.05, 3.63) is 48.3 Å². The van der Waals surface area contributed by atoms with Crippen molar-refractivity contribution in [2.45, 2.75) is 12.5 Å². The fourth-order valence-electron chi connectivity index (χ4n) is 2.70. The van der Waals surface area contributed by atoms with Gasteiger partial charge in [0.25, 0.3) is 10.2 Å². The molecule has 2 heterocycles. The number of benzene rings is 1. The molecule has 2 N–H and O–H groups in total. The second-order valence-corrected chi connectivity index (χ2v) is 7.46. The normalized spacial score (nSPS) is 19.3. The first-order valence-electron chi connectivity index (χ1n) is 8.06. The molecule has 9 heteroatoms. The second kappa shape index (κ2) is 7.87. The quantitative estimate of drug-likeness (QED) is 0.675. The van der Waals surface area contributed by atoms with Gasteiger partial charge in [-0.1, -0.05) is 30.3 Å². The molecule has 2 aliphatic heterocycles. The number of nitrogens with one attached hydrogen (secondary N) is 2. The maximum absolute atomic E-state index is 12.7. The smallest absolute Gasteiger partial charge is 0.280 e. The fraction of sp³-hybridized carbons (Fsp3) is 0.375. The Labute approximate surface area is 147 Å². The summed E-state index contributed by atoms with van der Waals surface area (Å²) in [5.41, 5.74) is 0.857. The van der Waals surface area contributed by atoms with Crippen LogP contribution in [0.5, 0.6) is 0 Å². The summed E-state index contributed by atoms with van der Waals surface area (Å²) in [6.07, 6.45) is 3.06. The summed E-state index contributed by atoms with van der Waals surface area (Å²) in [6, 6.07) is 8.31. The van der Waals surface area contributed by atoms with Crippen LogP contribution in [0, 0.1) is 0 Å². The molecule has 2 aliphatic rings. The molecule has 8 nitrogen and oxygen atoms in total. The Kier molecular flexibility index (Phi) is 5.59. The minimum atomic E-state index is -3.77. The predicted molar refractivity (Wildman–Crippen MR) is 94.1 cm³/mol. The molecule has 3 rings (SSSR count). The topological polar surface area (TPSA) is 105 Å².